The topological polar surface area (TPSA) is 43.4 Å². The summed E-state index contributed by atoms with van der Waals surface area (Å²) in [5, 5.41) is 0. The summed E-state index contributed by atoms with van der Waals surface area (Å²) in [7, 11) is 0.382. The van der Waals surface area contributed by atoms with Gasteiger partial charge in [0.25, 0.3) is 0 Å². The van der Waals surface area contributed by atoms with Crippen LogP contribution in [0.1, 0.15) is 15.9 Å². The standard InChI is InChI=1S/C16H16O3S/c1-11-4-5-13(16(17)19-2)10-15(11)12-6-8-14(9-7-12)20(3)18/h4-10H,1-3H3. The number of benzene rings is 2. The first-order valence-corrected chi connectivity index (χ1v) is 7.71. The Labute approximate surface area is 121 Å². The third kappa shape index (κ3) is 2.96. The predicted molar refractivity (Wildman–Crippen MR) is 80.3 cm³/mol. The van der Waals surface area contributed by atoms with Gasteiger partial charge < -0.3 is 4.74 Å². The van der Waals surface area contributed by atoms with Crippen molar-refractivity contribution in [2.75, 3.05) is 13.4 Å². The molecular formula is C16H16O3S. The first-order chi connectivity index (χ1) is 9.52. The lowest BCUT2D eigenvalue weighted by Gasteiger charge is -2.09. The molecule has 4 heteroatoms. The van der Waals surface area contributed by atoms with Crippen molar-refractivity contribution in [3.05, 3.63) is 53.6 Å². The fraction of sp³-hybridized carbons (Fsp3) is 0.188. The van der Waals surface area contributed by atoms with Crippen LogP contribution in [-0.4, -0.2) is 23.5 Å². The first kappa shape index (κ1) is 14.5. The van der Waals surface area contributed by atoms with Crippen LogP contribution >= 0.6 is 0 Å². The number of rotatable bonds is 3. The molecule has 0 N–H and O–H groups in total. The van der Waals surface area contributed by atoms with Gasteiger partial charge in [-0.25, -0.2) is 4.79 Å². The highest BCUT2D eigenvalue weighted by Crippen LogP contribution is 2.25. The maximum Gasteiger partial charge on any atom is 0.337 e. The molecule has 104 valence electrons. The molecule has 0 bridgehead atoms. The Bertz CT molecular complexity index is 660. The van der Waals surface area contributed by atoms with Gasteiger partial charge in [-0.2, -0.15) is 0 Å². The highest BCUT2D eigenvalue weighted by molar-refractivity contribution is 7.84. The predicted octanol–water partition coefficient (Wildman–Crippen LogP) is 3.19. The lowest BCUT2D eigenvalue weighted by molar-refractivity contribution is 0.0601. The molecule has 0 saturated heterocycles. The van der Waals surface area contributed by atoms with Gasteiger partial charge in [0.2, 0.25) is 0 Å². The fourth-order valence-corrected chi connectivity index (χ4v) is 2.52. The summed E-state index contributed by atoms with van der Waals surface area (Å²) >= 11 is 0. The summed E-state index contributed by atoms with van der Waals surface area (Å²) in [6.07, 6.45) is 1.65. The lowest BCUT2D eigenvalue weighted by atomic mass is 9.98. The van der Waals surface area contributed by atoms with Gasteiger partial charge in [0.15, 0.2) is 0 Å². The van der Waals surface area contributed by atoms with Crippen LogP contribution < -0.4 is 0 Å². The van der Waals surface area contributed by atoms with Crippen molar-refractivity contribution < 1.29 is 13.7 Å². The third-order valence-electron chi connectivity index (χ3n) is 3.16. The molecule has 0 aromatic heterocycles. The summed E-state index contributed by atoms with van der Waals surface area (Å²) in [5.41, 5.74) is 3.56. The van der Waals surface area contributed by atoms with Crippen molar-refractivity contribution in [1.29, 1.82) is 0 Å². The minimum atomic E-state index is -0.986. The van der Waals surface area contributed by atoms with Crippen LogP contribution in [0.4, 0.5) is 0 Å². The van der Waals surface area contributed by atoms with Crippen molar-refractivity contribution >= 4 is 16.8 Å². The summed E-state index contributed by atoms with van der Waals surface area (Å²) in [6.45, 7) is 1.99. The zero-order valence-corrected chi connectivity index (χ0v) is 12.5. The van der Waals surface area contributed by atoms with E-state index < -0.39 is 10.8 Å². The van der Waals surface area contributed by atoms with Gasteiger partial charge in [-0.3, -0.25) is 4.21 Å². The number of hydrogen-bond donors (Lipinski definition) is 0. The minimum absolute atomic E-state index is 0.350. The highest BCUT2D eigenvalue weighted by atomic mass is 32.2. The Hall–Kier alpha value is -1.94. The minimum Gasteiger partial charge on any atom is -0.465 e. The van der Waals surface area contributed by atoms with Gasteiger partial charge in [0, 0.05) is 22.0 Å². The molecule has 0 saturated carbocycles. The van der Waals surface area contributed by atoms with E-state index in [1.54, 1.807) is 12.3 Å². The molecule has 0 aliphatic rings. The molecule has 0 aliphatic heterocycles. The van der Waals surface area contributed by atoms with Crippen molar-refractivity contribution in [3.63, 3.8) is 0 Å². The second kappa shape index (κ2) is 6.01. The highest BCUT2D eigenvalue weighted by Gasteiger charge is 2.09. The smallest absolute Gasteiger partial charge is 0.337 e. The van der Waals surface area contributed by atoms with Crippen molar-refractivity contribution in [2.24, 2.45) is 0 Å². The van der Waals surface area contributed by atoms with Crippen molar-refractivity contribution in [2.45, 2.75) is 11.8 Å². The van der Waals surface area contributed by atoms with Gasteiger partial charge in [-0.1, -0.05) is 18.2 Å². The third-order valence-corrected chi connectivity index (χ3v) is 4.09. The van der Waals surface area contributed by atoms with E-state index in [-0.39, 0.29) is 5.97 Å². The number of ether oxygens (including phenoxy) is 1. The van der Waals surface area contributed by atoms with Gasteiger partial charge in [-0.15, -0.1) is 0 Å². The van der Waals surface area contributed by atoms with E-state index in [4.69, 9.17) is 4.74 Å². The van der Waals surface area contributed by atoms with E-state index in [0.717, 1.165) is 21.6 Å². The molecule has 0 radical (unpaired) electrons. The Morgan fingerprint density at radius 1 is 1.10 bits per heavy atom. The molecule has 3 nitrogen and oxygen atoms in total. The van der Waals surface area contributed by atoms with Gasteiger partial charge in [0.1, 0.15) is 0 Å². The van der Waals surface area contributed by atoms with E-state index in [1.807, 2.05) is 43.3 Å². The molecule has 0 aliphatic carbocycles. The van der Waals surface area contributed by atoms with Crippen LogP contribution in [0.5, 0.6) is 0 Å². The van der Waals surface area contributed by atoms with Crippen molar-refractivity contribution in [3.8, 4) is 11.1 Å². The molecule has 0 amide bonds. The van der Waals surface area contributed by atoms with E-state index in [9.17, 15) is 9.00 Å². The number of hydrogen-bond acceptors (Lipinski definition) is 3. The summed E-state index contributed by atoms with van der Waals surface area (Å²) in [6, 6.07) is 13.0. The van der Waals surface area contributed by atoms with Crippen LogP contribution in [0.25, 0.3) is 11.1 Å². The molecule has 2 aromatic carbocycles. The van der Waals surface area contributed by atoms with Gasteiger partial charge in [0.05, 0.1) is 12.7 Å². The average Bonchev–Trinajstić information content (AvgIpc) is 2.47. The van der Waals surface area contributed by atoms with E-state index in [2.05, 4.69) is 0 Å². The summed E-state index contributed by atoms with van der Waals surface area (Å²) in [5.74, 6) is -0.350. The first-order valence-electron chi connectivity index (χ1n) is 6.15. The second-order valence-corrected chi connectivity index (χ2v) is 5.88. The molecule has 0 spiro atoms. The zero-order valence-electron chi connectivity index (χ0n) is 11.7. The average molecular weight is 288 g/mol. The molecule has 2 rings (SSSR count). The number of esters is 1. The quantitative estimate of drug-likeness (QED) is 0.815. The summed E-state index contributed by atoms with van der Waals surface area (Å²) in [4.78, 5) is 12.4. The van der Waals surface area contributed by atoms with Crippen LogP contribution in [0.3, 0.4) is 0 Å². The molecular weight excluding hydrogens is 272 g/mol. The van der Waals surface area contributed by atoms with Crippen molar-refractivity contribution in [1.82, 2.24) is 0 Å². The van der Waals surface area contributed by atoms with Crippen LogP contribution in [-0.2, 0) is 15.5 Å². The van der Waals surface area contributed by atoms with E-state index >= 15 is 0 Å². The van der Waals surface area contributed by atoms with Crippen LogP contribution in [0.15, 0.2) is 47.4 Å². The Kier molecular flexibility index (Phi) is 4.35. The molecule has 1 unspecified atom stereocenters. The van der Waals surface area contributed by atoms with E-state index in [1.165, 1.54) is 7.11 Å². The zero-order chi connectivity index (χ0) is 14.7. The second-order valence-electron chi connectivity index (χ2n) is 4.50. The maximum absolute atomic E-state index is 11.6. The number of methoxy groups -OCH3 is 1. The SMILES string of the molecule is COC(=O)c1ccc(C)c(-c2ccc(S(C)=O)cc2)c1. The normalized spacial score (nSPS) is 11.9. The molecule has 20 heavy (non-hydrogen) atoms. The monoisotopic (exact) mass is 288 g/mol. The van der Waals surface area contributed by atoms with Gasteiger partial charge >= 0.3 is 5.97 Å². The number of carbonyl (C=O) groups excluding carboxylic acids is 1. The fourth-order valence-electron chi connectivity index (χ4n) is 2.00. The molecule has 1 atom stereocenters. The molecule has 0 fully saturated rings. The van der Waals surface area contributed by atoms with Gasteiger partial charge in [-0.05, 0) is 47.9 Å². The largest absolute Gasteiger partial charge is 0.465 e. The number of carbonyl (C=O) groups is 1. The summed E-state index contributed by atoms with van der Waals surface area (Å²) < 4.78 is 16.1. The van der Waals surface area contributed by atoms with E-state index in [0.29, 0.717) is 5.56 Å². The number of aryl methyl sites for hydroxylation is 1. The van der Waals surface area contributed by atoms with Crippen LogP contribution in [0, 0.1) is 6.92 Å². The molecule has 0 heterocycles. The molecule has 2 aromatic rings. The lowest BCUT2D eigenvalue weighted by Crippen LogP contribution is -2.01. The Balaban J connectivity index is 2.45. The van der Waals surface area contributed by atoms with Crippen LogP contribution in [0.2, 0.25) is 0 Å². The maximum atomic E-state index is 11.6. The Morgan fingerprint density at radius 2 is 1.75 bits per heavy atom. The Morgan fingerprint density at radius 3 is 2.30 bits per heavy atom.